The molecule has 0 aliphatic carbocycles. The Labute approximate surface area is 179 Å². The maximum atomic E-state index is 14.4. The van der Waals surface area contributed by atoms with Gasteiger partial charge in [-0.2, -0.15) is 0 Å². The Kier molecular flexibility index (Phi) is 4.94. The van der Waals surface area contributed by atoms with Crippen LogP contribution in [-0.4, -0.2) is 35.1 Å². The number of amides is 1. The van der Waals surface area contributed by atoms with E-state index in [1.54, 1.807) is 29.2 Å². The normalized spacial score (nSPS) is 21.9. The first-order chi connectivity index (χ1) is 15.1. The van der Waals surface area contributed by atoms with Gasteiger partial charge in [0.15, 0.2) is 0 Å². The molecule has 3 aromatic carbocycles. The number of benzene rings is 3. The van der Waals surface area contributed by atoms with Crippen LogP contribution in [0.25, 0.3) is 11.1 Å². The molecule has 1 saturated heterocycles. The molecule has 0 spiro atoms. The Morgan fingerprint density at radius 2 is 1.90 bits per heavy atom. The lowest BCUT2D eigenvalue weighted by molar-refractivity contribution is 0.0700. The molecule has 0 radical (unpaired) electrons. The van der Waals surface area contributed by atoms with Gasteiger partial charge >= 0.3 is 0 Å². The molecular formula is C25H22F2N2O2. The van der Waals surface area contributed by atoms with Crippen LogP contribution >= 0.6 is 0 Å². The van der Waals surface area contributed by atoms with Crippen LogP contribution < -0.4 is 5.32 Å². The monoisotopic (exact) mass is 420 g/mol. The van der Waals surface area contributed by atoms with Crippen LogP contribution in [0.3, 0.4) is 0 Å². The third-order valence-corrected chi connectivity index (χ3v) is 6.39. The van der Waals surface area contributed by atoms with E-state index in [-0.39, 0.29) is 36.3 Å². The first kappa shape index (κ1) is 19.7. The van der Waals surface area contributed by atoms with Crippen LogP contribution in [0.1, 0.15) is 28.4 Å². The number of hydrogen-bond acceptors (Lipinski definition) is 3. The summed E-state index contributed by atoms with van der Waals surface area (Å²) in [6.45, 7) is 0.448. The third kappa shape index (κ3) is 3.37. The van der Waals surface area contributed by atoms with Gasteiger partial charge in [-0.05, 0) is 53.9 Å². The van der Waals surface area contributed by atoms with Crippen molar-refractivity contribution in [1.29, 1.82) is 0 Å². The predicted molar refractivity (Wildman–Crippen MR) is 115 cm³/mol. The van der Waals surface area contributed by atoms with E-state index < -0.39 is 5.82 Å². The Morgan fingerprint density at radius 1 is 1.06 bits per heavy atom. The highest BCUT2D eigenvalue weighted by Gasteiger charge is 2.46. The zero-order valence-electron chi connectivity index (χ0n) is 16.8. The first-order valence-corrected chi connectivity index (χ1v) is 10.4. The summed E-state index contributed by atoms with van der Waals surface area (Å²) in [7, 11) is 0. The molecule has 158 valence electrons. The van der Waals surface area contributed by atoms with Gasteiger partial charge in [-0.1, -0.05) is 30.3 Å². The van der Waals surface area contributed by atoms with E-state index in [4.69, 9.17) is 0 Å². The van der Waals surface area contributed by atoms with Crippen molar-refractivity contribution < 1.29 is 18.7 Å². The number of likely N-dealkylation sites (tertiary alicyclic amines) is 1. The number of carbonyl (C=O) groups excluding carboxylic acids is 1. The lowest BCUT2D eigenvalue weighted by atomic mass is 9.82. The largest absolute Gasteiger partial charge is 0.394 e. The average Bonchev–Trinajstić information content (AvgIpc) is 3.23. The zero-order chi connectivity index (χ0) is 21.5. The standard InChI is InChI=1S/C25H22F2N2O2/c26-17-5-3-4-16(12-17)25(31)29-11-10-19-23(14-30)28-22-9-8-15(13-20(22)24(19)29)18-6-1-2-7-21(18)27/h1-9,12-13,19,23-24,28,30H,10-11,14H2/t19-,23-,24-/m1/s1. The fraction of sp³-hybridized carbons (Fsp3) is 0.240. The molecule has 3 atom stereocenters. The molecule has 3 aromatic rings. The number of rotatable bonds is 3. The summed E-state index contributed by atoms with van der Waals surface area (Å²) in [4.78, 5) is 15.0. The number of hydrogen-bond donors (Lipinski definition) is 2. The maximum Gasteiger partial charge on any atom is 0.254 e. The molecule has 4 nitrogen and oxygen atoms in total. The van der Waals surface area contributed by atoms with Gasteiger partial charge in [0.1, 0.15) is 11.6 Å². The molecule has 0 saturated carbocycles. The summed E-state index contributed by atoms with van der Waals surface area (Å²) >= 11 is 0. The van der Waals surface area contributed by atoms with E-state index in [9.17, 15) is 18.7 Å². The number of aliphatic hydroxyl groups excluding tert-OH is 1. The van der Waals surface area contributed by atoms with Crippen molar-refractivity contribution in [2.45, 2.75) is 18.5 Å². The number of anilines is 1. The smallest absolute Gasteiger partial charge is 0.254 e. The number of fused-ring (bicyclic) bond motifs is 3. The predicted octanol–water partition coefficient (Wildman–Crippen LogP) is 4.62. The fourth-order valence-electron chi connectivity index (χ4n) is 4.94. The van der Waals surface area contributed by atoms with E-state index in [0.29, 0.717) is 24.1 Å². The molecule has 0 bridgehead atoms. The summed E-state index contributed by atoms with van der Waals surface area (Å²) in [6.07, 6.45) is 0.716. The summed E-state index contributed by atoms with van der Waals surface area (Å²) < 4.78 is 28.1. The molecule has 5 rings (SSSR count). The van der Waals surface area contributed by atoms with Crippen LogP contribution in [0.2, 0.25) is 0 Å². The minimum absolute atomic E-state index is 0.00544. The zero-order valence-corrected chi connectivity index (χ0v) is 16.8. The Morgan fingerprint density at radius 3 is 2.68 bits per heavy atom. The van der Waals surface area contributed by atoms with Crippen LogP contribution in [0.5, 0.6) is 0 Å². The van der Waals surface area contributed by atoms with Gasteiger partial charge in [-0.25, -0.2) is 8.78 Å². The van der Waals surface area contributed by atoms with Crippen molar-refractivity contribution >= 4 is 11.6 Å². The van der Waals surface area contributed by atoms with Crippen molar-refractivity contribution in [2.24, 2.45) is 5.92 Å². The van der Waals surface area contributed by atoms with E-state index >= 15 is 0 Å². The lowest BCUT2D eigenvalue weighted by Gasteiger charge is -2.39. The quantitative estimate of drug-likeness (QED) is 0.650. The summed E-state index contributed by atoms with van der Waals surface area (Å²) in [6, 6.07) is 17.4. The second-order valence-electron chi connectivity index (χ2n) is 8.12. The number of nitrogens with zero attached hydrogens (tertiary/aromatic N) is 1. The van der Waals surface area contributed by atoms with Gasteiger partial charge < -0.3 is 15.3 Å². The van der Waals surface area contributed by atoms with Crippen LogP contribution in [0.4, 0.5) is 14.5 Å². The highest BCUT2D eigenvalue weighted by Crippen LogP contribution is 2.47. The minimum atomic E-state index is -0.456. The first-order valence-electron chi connectivity index (χ1n) is 10.4. The molecule has 0 aromatic heterocycles. The fourth-order valence-corrected chi connectivity index (χ4v) is 4.94. The van der Waals surface area contributed by atoms with Gasteiger partial charge in [-0.3, -0.25) is 4.79 Å². The number of nitrogens with one attached hydrogen (secondary N) is 1. The van der Waals surface area contributed by atoms with Gasteiger partial charge in [-0.15, -0.1) is 0 Å². The molecule has 2 heterocycles. The van der Waals surface area contributed by atoms with Crippen molar-refractivity contribution in [3.8, 4) is 11.1 Å². The van der Waals surface area contributed by atoms with Gasteiger partial charge in [0.2, 0.25) is 0 Å². The number of aliphatic hydroxyl groups is 1. The highest BCUT2D eigenvalue weighted by atomic mass is 19.1. The Hall–Kier alpha value is -3.25. The topological polar surface area (TPSA) is 52.6 Å². The summed E-state index contributed by atoms with van der Waals surface area (Å²) in [5.41, 5.74) is 3.22. The third-order valence-electron chi connectivity index (χ3n) is 6.39. The van der Waals surface area contributed by atoms with Gasteiger partial charge in [0.25, 0.3) is 5.91 Å². The van der Waals surface area contributed by atoms with Gasteiger partial charge in [0, 0.05) is 29.3 Å². The van der Waals surface area contributed by atoms with Crippen molar-refractivity contribution in [3.05, 3.63) is 89.5 Å². The molecule has 2 aliphatic heterocycles. The SMILES string of the molecule is O=C(c1cccc(F)c1)N1CC[C@@H]2[C@@H](CO)Nc3ccc(-c4ccccc4F)cc3[C@@H]21. The average molecular weight is 420 g/mol. The molecule has 2 aliphatic rings. The van der Waals surface area contributed by atoms with E-state index in [0.717, 1.165) is 16.8 Å². The molecular weight excluding hydrogens is 398 g/mol. The minimum Gasteiger partial charge on any atom is -0.394 e. The summed E-state index contributed by atoms with van der Waals surface area (Å²) in [5.74, 6) is -1.00. The Balaban J connectivity index is 1.59. The molecule has 0 unspecified atom stereocenters. The highest BCUT2D eigenvalue weighted by molar-refractivity contribution is 5.95. The molecule has 31 heavy (non-hydrogen) atoms. The molecule has 6 heteroatoms. The van der Waals surface area contributed by atoms with Crippen molar-refractivity contribution in [2.75, 3.05) is 18.5 Å². The van der Waals surface area contributed by atoms with E-state index in [1.165, 1.54) is 24.3 Å². The second-order valence-corrected chi connectivity index (χ2v) is 8.12. The van der Waals surface area contributed by atoms with Crippen molar-refractivity contribution in [3.63, 3.8) is 0 Å². The number of carbonyl (C=O) groups is 1. The van der Waals surface area contributed by atoms with Crippen LogP contribution in [-0.2, 0) is 0 Å². The van der Waals surface area contributed by atoms with Crippen molar-refractivity contribution in [1.82, 2.24) is 4.90 Å². The van der Waals surface area contributed by atoms with E-state index in [2.05, 4.69) is 5.32 Å². The van der Waals surface area contributed by atoms with Crippen LogP contribution in [0.15, 0.2) is 66.7 Å². The Bertz CT molecular complexity index is 1150. The lowest BCUT2D eigenvalue weighted by Crippen LogP contribution is -2.42. The molecule has 1 amide bonds. The van der Waals surface area contributed by atoms with E-state index in [1.807, 2.05) is 18.2 Å². The van der Waals surface area contributed by atoms with Gasteiger partial charge in [0.05, 0.1) is 18.7 Å². The maximum absolute atomic E-state index is 14.4. The molecule has 2 N–H and O–H groups in total. The second kappa shape index (κ2) is 7.78. The number of halogens is 2. The molecule has 1 fully saturated rings. The summed E-state index contributed by atoms with van der Waals surface area (Å²) in [5, 5.41) is 13.3. The van der Waals surface area contributed by atoms with Crippen LogP contribution in [0, 0.1) is 17.6 Å².